The number of nitrogens with one attached hydrogen (secondary N) is 2. The van der Waals surface area contributed by atoms with Gasteiger partial charge in [-0.2, -0.15) is 0 Å². The van der Waals surface area contributed by atoms with Crippen LogP contribution in [0.4, 0.5) is 0 Å². The lowest BCUT2D eigenvalue weighted by Gasteiger charge is -2.21. The highest BCUT2D eigenvalue weighted by Crippen LogP contribution is 2.09. The van der Waals surface area contributed by atoms with E-state index in [1.807, 2.05) is 26.1 Å². The minimum atomic E-state index is -0.108. The average molecular weight is 277 g/mol. The summed E-state index contributed by atoms with van der Waals surface area (Å²) in [6.07, 6.45) is 0. The summed E-state index contributed by atoms with van der Waals surface area (Å²) in [7, 11) is 5.23. The van der Waals surface area contributed by atoms with Crippen molar-refractivity contribution in [3.8, 4) is 0 Å². The first-order valence-electron chi connectivity index (χ1n) is 6.70. The van der Waals surface area contributed by atoms with Crippen molar-refractivity contribution in [2.45, 2.75) is 13.5 Å². The van der Waals surface area contributed by atoms with Crippen LogP contribution in [0.15, 0.2) is 24.3 Å². The highest BCUT2D eigenvalue weighted by molar-refractivity contribution is 5.93. The summed E-state index contributed by atoms with van der Waals surface area (Å²) in [6.45, 7) is 3.11. The second kappa shape index (κ2) is 7.65. The van der Waals surface area contributed by atoms with E-state index in [0.717, 1.165) is 5.56 Å². The van der Waals surface area contributed by atoms with Crippen LogP contribution in [-0.2, 0) is 11.3 Å². The van der Waals surface area contributed by atoms with Crippen LogP contribution in [0.1, 0.15) is 22.8 Å². The Labute approximate surface area is 120 Å². The standard InChI is InChI=1S/C15H23N3O2/c1-11(9-16-2)15(20)18(4)10-12-5-7-13(8-6-12)14(19)17-3/h5-8,11,16H,9-10H2,1-4H3,(H,17,19). The summed E-state index contributed by atoms with van der Waals surface area (Å²) < 4.78 is 0. The van der Waals surface area contributed by atoms with Crippen molar-refractivity contribution in [1.29, 1.82) is 0 Å². The molecule has 0 aliphatic heterocycles. The second-order valence-corrected chi connectivity index (χ2v) is 4.93. The van der Waals surface area contributed by atoms with Crippen molar-refractivity contribution in [1.82, 2.24) is 15.5 Å². The van der Waals surface area contributed by atoms with Crippen molar-refractivity contribution < 1.29 is 9.59 Å². The molecule has 0 bridgehead atoms. The number of carbonyl (C=O) groups excluding carboxylic acids is 2. The summed E-state index contributed by atoms with van der Waals surface area (Å²) >= 11 is 0. The van der Waals surface area contributed by atoms with E-state index in [1.165, 1.54) is 0 Å². The Balaban J connectivity index is 2.64. The van der Waals surface area contributed by atoms with Crippen LogP contribution in [0.25, 0.3) is 0 Å². The predicted octanol–water partition coefficient (Wildman–Crippen LogP) is 0.860. The Morgan fingerprint density at radius 3 is 2.30 bits per heavy atom. The quantitative estimate of drug-likeness (QED) is 0.811. The molecule has 0 saturated heterocycles. The number of hydrogen-bond donors (Lipinski definition) is 2. The van der Waals surface area contributed by atoms with E-state index in [9.17, 15) is 9.59 Å². The molecular formula is C15H23N3O2. The molecule has 1 aromatic rings. The second-order valence-electron chi connectivity index (χ2n) is 4.93. The normalized spacial score (nSPS) is 11.8. The maximum atomic E-state index is 12.1. The van der Waals surface area contributed by atoms with Gasteiger partial charge in [-0.15, -0.1) is 0 Å². The minimum Gasteiger partial charge on any atom is -0.355 e. The first-order chi connectivity index (χ1) is 9.49. The van der Waals surface area contributed by atoms with Gasteiger partial charge in [0.25, 0.3) is 5.91 Å². The molecule has 1 atom stereocenters. The molecule has 0 fully saturated rings. The van der Waals surface area contributed by atoms with Gasteiger partial charge in [0.1, 0.15) is 0 Å². The average Bonchev–Trinajstić information content (AvgIpc) is 2.46. The fourth-order valence-electron chi connectivity index (χ4n) is 2.03. The molecule has 0 heterocycles. The van der Waals surface area contributed by atoms with E-state index in [2.05, 4.69) is 10.6 Å². The molecule has 2 amide bonds. The third-order valence-electron chi connectivity index (χ3n) is 3.17. The van der Waals surface area contributed by atoms with Gasteiger partial charge in [0.2, 0.25) is 5.91 Å². The fourth-order valence-corrected chi connectivity index (χ4v) is 2.03. The van der Waals surface area contributed by atoms with E-state index in [0.29, 0.717) is 18.7 Å². The Kier molecular flexibility index (Phi) is 6.18. The zero-order chi connectivity index (χ0) is 15.1. The van der Waals surface area contributed by atoms with E-state index in [1.54, 1.807) is 31.1 Å². The molecule has 1 unspecified atom stereocenters. The molecule has 0 saturated carbocycles. The maximum Gasteiger partial charge on any atom is 0.251 e. The van der Waals surface area contributed by atoms with Gasteiger partial charge >= 0.3 is 0 Å². The molecule has 0 aliphatic rings. The third kappa shape index (κ3) is 4.35. The van der Waals surface area contributed by atoms with Crippen LogP contribution in [0.3, 0.4) is 0 Å². The van der Waals surface area contributed by atoms with Crippen molar-refractivity contribution in [3.63, 3.8) is 0 Å². The third-order valence-corrected chi connectivity index (χ3v) is 3.17. The van der Waals surface area contributed by atoms with Gasteiger partial charge in [-0.25, -0.2) is 0 Å². The van der Waals surface area contributed by atoms with Gasteiger partial charge in [-0.1, -0.05) is 19.1 Å². The van der Waals surface area contributed by atoms with E-state index in [4.69, 9.17) is 0 Å². The molecule has 5 nitrogen and oxygen atoms in total. The molecule has 20 heavy (non-hydrogen) atoms. The monoisotopic (exact) mass is 277 g/mol. The van der Waals surface area contributed by atoms with Gasteiger partial charge in [-0.3, -0.25) is 9.59 Å². The van der Waals surface area contributed by atoms with Gasteiger partial charge in [0.05, 0.1) is 0 Å². The first kappa shape index (κ1) is 16.2. The summed E-state index contributed by atoms with van der Waals surface area (Å²) in [5.74, 6) is -0.0477. The number of rotatable bonds is 6. The Hall–Kier alpha value is -1.88. The lowest BCUT2D eigenvalue weighted by atomic mass is 10.1. The molecule has 1 aromatic carbocycles. The number of benzene rings is 1. The highest BCUT2D eigenvalue weighted by Gasteiger charge is 2.16. The molecule has 0 radical (unpaired) electrons. The van der Waals surface area contributed by atoms with Crippen molar-refractivity contribution in [2.75, 3.05) is 27.7 Å². The molecule has 2 N–H and O–H groups in total. The van der Waals surface area contributed by atoms with Gasteiger partial charge in [0.15, 0.2) is 0 Å². The van der Waals surface area contributed by atoms with Crippen molar-refractivity contribution in [2.24, 2.45) is 5.92 Å². The van der Waals surface area contributed by atoms with Gasteiger partial charge < -0.3 is 15.5 Å². The molecule has 110 valence electrons. The number of carbonyl (C=O) groups is 2. The van der Waals surface area contributed by atoms with Crippen LogP contribution in [0.2, 0.25) is 0 Å². The molecular weight excluding hydrogens is 254 g/mol. The van der Waals surface area contributed by atoms with Crippen LogP contribution < -0.4 is 10.6 Å². The zero-order valence-electron chi connectivity index (χ0n) is 12.6. The smallest absolute Gasteiger partial charge is 0.251 e. The number of hydrogen-bond acceptors (Lipinski definition) is 3. The lowest BCUT2D eigenvalue weighted by Crippen LogP contribution is -2.35. The van der Waals surface area contributed by atoms with Crippen LogP contribution in [0.5, 0.6) is 0 Å². The van der Waals surface area contributed by atoms with Gasteiger partial charge in [0, 0.05) is 38.7 Å². The van der Waals surface area contributed by atoms with Crippen LogP contribution in [0, 0.1) is 5.92 Å². The zero-order valence-corrected chi connectivity index (χ0v) is 12.6. The summed E-state index contributed by atoms with van der Waals surface area (Å²) in [6, 6.07) is 7.28. The maximum absolute atomic E-state index is 12.1. The number of amides is 2. The fraction of sp³-hybridized carbons (Fsp3) is 0.467. The molecule has 1 rings (SSSR count). The summed E-state index contributed by atoms with van der Waals surface area (Å²) in [4.78, 5) is 25.2. The minimum absolute atomic E-state index is 0.0462. The van der Waals surface area contributed by atoms with Gasteiger partial charge in [-0.05, 0) is 24.7 Å². The topological polar surface area (TPSA) is 61.4 Å². The van der Waals surface area contributed by atoms with E-state index >= 15 is 0 Å². The Bertz CT molecular complexity index is 457. The highest BCUT2D eigenvalue weighted by atomic mass is 16.2. The SMILES string of the molecule is CNCC(C)C(=O)N(C)Cc1ccc(C(=O)NC)cc1. The van der Waals surface area contributed by atoms with Crippen molar-refractivity contribution in [3.05, 3.63) is 35.4 Å². The number of nitrogens with zero attached hydrogens (tertiary/aromatic N) is 1. The molecule has 0 aliphatic carbocycles. The van der Waals surface area contributed by atoms with Crippen LogP contribution >= 0.6 is 0 Å². The molecule has 5 heteroatoms. The van der Waals surface area contributed by atoms with Crippen molar-refractivity contribution >= 4 is 11.8 Å². The summed E-state index contributed by atoms with van der Waals surface area (Å²) in [5, 5.41) is 5.58. The summed E-state index contributed by atoms with van der Waals surface area (Å²) in [5.41, 5.74) is 1.62. The first-order valence-corrected chi connectivity index (χ1v) is 6.70. The van der Waals surface area contributed by atoms with E-state index in [-0.39, 0.29) is 17.7 Å². The lowest BCUT2D eigenvalue weighted by molar-refractivity contribution is -0.134. The van der Waals surface area contributed by atoms with Crippen LogP contribution in [-0.4, -0.2) is 44.4 Å². The Morgan fingerprint density at radius 1 is 1.20 bits per heavy atom. The molecule has 0 aromatic heterocycles. The molecule has 0 spiro atoms. The van der Waals surface area contributed by atoms with E-state index < -0.39 is 0 Å². The predicted molar refractivity (Wildman–Crippen MR) is 79.4 cm³/mol. The largest absolute Gasteiger partial charge is 0.355 e. The Morgan fingerprint density at radius 2 is 1.80 bits per heavy atom.